The quantitative estimate of drug-likeness (QED) is 0.115. The van der Waals surface area contributed by atoms with Gasteiger partial charge in [0.2, 0.25) is 0 Å². The monoisotopic (exact) mass is 577 g/mol. The molecule has 2 fully saturated rings. The minimum atomic E-state index is -3.38. The Bertz CT molecular complexity index is 679. The summed E-state index contributed by atoms with van der Waals surface area (Å²) in [6.07, 6.45) is -1.62. The highest BCUT2D eigenvalue weighted by Crippen LogP contribution is 2.48. The van der Waals surface area contributed by atoms with Crippen LogP contribution in [-0.4, -0.2) is 109 Å². The van der Waals surface area contributed by atoms with Crippen LogP contribution >= 0.6 is 18.9 Å². The van der Waals surface area contributed by atoms with Crippen molar-refractivity contribution in [3.05, 3.63) is 0 Å². The molecule has 1 saturated carbocycles. The molecule has 5 N–H and O–H groups in total. The number of aliphatic hydroxyl groups excluding tert-OH is 3. The summed E-state index contributed by atoms with van der Waals surface area (Å²) < 4.78 is 32.7. The Morgan fingerprint density at radius 3 is 2.39 bits per heavy atom. The minimum Gasteiger partial charge on any atom is -0.394 e. The molecule has 0 amide bonds. The average Bonchev–Trinajstić information content (AvgIpc) is 3.16. The average molecular weight is 578 g/mol. The fourth-order valence-corrected chi connectivity index (χ4v) is 5.59. The largest absolute Gasteiger partial charge is 0.394 e. The van der Waals surface area contributed by atoms with Crippen molar-refractivity contribution in [2.24, 2.45) is 5.92 Å². The molecule has 2 rings (SSSR count). The first kappa shape index (κ1) is 34.2. The number of hydrogen-bond acceptors (Lipinski definition) is 11. The van der Waals surface area contributed by atoms with Gasteiger partial charge in [-0.25, -0.2) is 0 Å². The maximum Gasteiger partial charge on any atom is 0.324 e. The summed E-state index contributed by atoms with van der Waals surface area (Å²) >= 11 is 10.5. The van der Waals surface area contributed by atoms with Gasteiger partial charge in [-0.2, -0.15) is 0 Å². The molecule has 14 heteroatoms. The van der Waals surface area contributed by atoms with Crippen molar-refractivity contribution in [2.45, 2.75) is 88.8 Å². The zero-order chi connectivity index (χ0) is 27.3. The molecule has 11 nitrogen and oxygen atoms in total. The molecule has 1 heterocycles. The fraction of sp³-hybridized carbons (Fsp3) is 0.955. The third kappa shape index (κ3) is 10.7. The summed E-state index contributed by atoms with van der Waals surface area (Å²) in [5.74, 6) is -0.0552. The van der Waals surface area contributed by atoms with E-state index in [1.165, 1.54) is 7.11 Å². The van der Waals surface area contributed by atoms with Gasteiger partial charge in [0.1, 0.15) is 24.4 Å². The van der Waals surface area contributed by atoms with Crippen LogP contribution in [-0.2, 0) is 39.8 Å². The number of nitrogens with one attached hydrogen (secondary N) is 1. The van der Waals surface area contributed by atoms with E-state index in [2.05, 4.69) is 5.32 Å². The highest BCUT2D eigenvalue weighted by atomic mass is 32.5. The first-order valence-electron chi connectivity index (χ1n) is 12.3. The lowest BCUT2D eigenvalue weighted by Gasteiger charge is -2.36. The van der Waals surface area contributed by atoms with Crippen LogP contribution in [0.5, 0.6) is 0 Å². The Labute approximate surface area is 225 Å². The minimum absolute atomic E-state index is 0.0552. The predicted molar refractivity (Wildman–Crippen MR) is 142 cm³/mol. The van der Waals surface area contributed by atoms with Crippen LogP contribution in [0.15, 0.2) is 0 Å². The summed E-state index contributed by atoms with van der Waals surface area (Å²) in [4.78, 5) is 10.8. The molecule has 214 valence electrons. The molecule has 1 saturated heterocycles. The van der Waals surface area contributed by atoms with Crippen molar-refractivity contribution in [1.29, 1.82) is 0 Å². The van der Waals surface area contributed by atoms with Crippen LogP contribution in [0.1, 0.15) is 46.0 Å². The van der Waals surface area contributed by atoms with Crippen LogP contribution in [0.3, 0.4) is 0 Å². The van der Waals surface area contributed by atoms with Crippen molar-refractivity contribution in [3.8, 4) is 0 Å². The van der Waals surface area contributed by atoms with E-state index in [0.717, 1.165) is 6.42 Å². The van der Waals surface area contributed by atoms with Gasteiger partial charge in [0.15, 0.2) is 6.29 Å². The van der Waals surface area contributed by atoms with E-state index >= 15 is 0 Å². The van der Waals surface area contributed by atoms with E-state index in [-0.39, 0.29) is 18.4 Å². The van der Waals surface area contributed by atoms with Crippen LogP contribution in [0.2, 0.25) is 0 Å². The van der Waals surface area contributed by atoms with Gasteiger partial charge in [-0.15, -0.1) is 0 Å². The smallest absolute Gasteiger partial charge is 0.324 e. The summed E-state index contributed by atoms with van der Waals surface area (Å²) in [5, 5.41) is 32.2. The number of ether oxygens (including phenoxy) is 4. The molecular weight excluding hydrogens is 533 g/mol. The summed E-state index contributed by atoms with van der Waals surface area (Å²) in [7, 11) is 4.49. The molecule has 0 aromatic carbocycles. The van der Waals surface area contributed by atoms with Crippen molar-refractivity contribution in [3.63, 3.8) is 0 Å². The van der Waals surface area contributed by atoms with E-state index in [1.807, 2.05) is 13.8 Å². The van der Waals surface area contributed by atoms with Crippen molar-refractivity contribution >= 4 is 35.7 Å². The van der Waals surface area contributed by atoms with Crippen molar-refractivity contribution in [1.82, 2.24) is 5.32 Å². The van der Waals surface area contributed by atoms with Crippen LogP contribution in [0.4, 0.5) is 0 Å². The van der Waals surface area contributed by atoms with Crippen LogP contribution in [0.25, 0.3) is 0 Å². The molecule has 0 spiro atoms. The summed E-state index contributed by atoms with van der Waals surface area (Å²) in [5.41, 5.74) is 0. The van der Waals surface area contributed by atoms with Gasteiger partial charge in [0.05, 0.1) is 30.3 Å². The van der Waals surface area contributed by atoms with E-state index in [1.54, 1.807) is 14.2 Å². The van der Waals surface area contributed by atoms with E-state index in [4.69, 9.17) is 52.0 Å². The van der Waals surface area contributed by atoms with Gasteiger partial charge >= 0.3 is 6.72 Å². The number of aliphatic hydroxyl groups is 3. The van der Waals surface area contributed by atoms with Gasteiger partial charge in [-0.05, 0) is 37.5 Å². The molecule has 0 radical (unpaired) electrons. The van der Waals surface area contributed by atoms with Crippen molar-refractivity contribution in [2.75, 3.05) is 41.2 Å². The van der Waals surface area contributed by atoms with Gasteiger partial charge < -0.3 is 53.5 Å². The zero-order valence-electron chi connectivity index (χ0n) is 21.8. The van der Waals surface area contributed by atoms with Gasteiger partial charge in [-0.3, -0.25) is 0 Å². The van der Waals surface area contributed by atoms with E-state index in [0.29, 0.717) is 37.5 Å². The number of methoxy groups -OCH3 is 2. The molecule has 1 aliphatic carbocycles. The molecule has 0 aromatic heterocycles. The van der Waals surface area contributed by atoms with E-state index < -0.39 is 50.1 Å². The fourth-order valence-electron chi connectivity index (χ4n) is 4.31. The second-order valence-corrected chi connectivity index (χ2v) is 11.8. The first-order chi connectivity index (χ1) is 17.1. The molecule has 8 unspecified atom stereocenters. The predicted octanol–water partition coefficient (Wildman–Crippen LogP) is 1.24. The van der Waals surface area contributed by atoms with E-state index in [9.17, 15) is 20.2 Å². The van der Waals surface area contributed by atoms with Gasteiger partial charge in [-0.1, -0.05) is 26.1 Å². The topological polar surface area (TPSA) is 148 Å². The molecule has 36 heavy (non-hydrogen) atoms. The number of unbranched alkanes of at least 4 members (excludes halogenated alkanes) is 1. The SMILES string of the molecule is CC.COCC1C[C@H](NC(=S)CCCCOC2CC(O)C(O)C(CO)O2)C(OC)C1OP(O)(=S)OC. The second kappa shape index (κ2) is 17.7. The first-order valence-corrected chi connectivity index (χ1v) is 15.3. The molecule has 0 bridgehead atoms. The number of thiocarbonyl (C=S) groups is 1. The number of hydrogen-bond donors (Lipinski definition) is 5. The number of rotatable bonds is 14. The highest BCUT2D eigenvalue weighted by Gasteiger charge is 2.47. The highest BCUT2D eigenvalue weighted by molar-refractivity contribution is 8.07. The lowest BCUT2D eigenvalue weighted by atomic mass is 10.0. The summed E-state index contributed by atoms with van der Waals surface area (Å²) in [6, 6.07) is -0.135. The van der Waals surface area contributed by atoms with Crippen LogP contribution in [0, 0.1) is 5.92 Å². The Balaban J connectivity index is 0.00000316. The van der Waals surface area contributed by atoms with Crippen molar-refractivity contribution < 1.29 is 48.2 Å². The lowest BCUT2D eigenvalue weighted by molar-refractivity contribution is -0.256. The van der Waals surface area contributed by atoms with Gasteiger partial charge in [0.25, 0.3) is 0 Å². The molecule has 0 aromatic rings. The Kier molecular flexibility index (Phi) is 16.8. The third-order valence-corrected chi connectivity index (χ3v) is 8.04. The molecule has 2 aliphatic rings. The Hall–Kier alpha value is 0.140. The second-order valence-electron chi connectivity index (χ2n) is 8.45. The lowest BCUT2D eigenvalue weighted by Crippen LogP contribution is -2.50. The van der Waals surface area contributed by atoms with Crippen LogP contribution < -0.4 is 5.32 Å². The maximum atomic E-state index is 10.1. The molecular formula is C22H44NO10PS2. The molecule has 1 aliphatic heterocycles. The zero-order valence-corrected chi connectivity index (χ0v) is 24.3. The third-order valence-electron chi connectivity index (χ3n) is 6.04. The van der Waals surface area contributed by atoms with Gasteiger partial charge in [0, 0.05) is 40.3 Å². The molecule has 9 atom stereocenters. The standard InChI is InChI=1S/C20H38NO10PS2.C2H6/c1-26-11-12-8-13(20(27-2)19(12)31-32(25,34)28-3)21-16(33)6-4-5-7-29-17-9-14(23)18(24)15(10-22)30-17;1-2/h12-15,17-20,22-24H,4-11H2,1-3H3,(H,21,33)(H,25,34);1-2H3/t12?,13-,14?,15?,17?,18?,19?,20?,32?;/m0./s1. The summed E-state index contributed by atoms with van der Waals surface area (Å²) in [6.45, 7) is 1.04. The normalized spacial score (nSPS) is 33.9. The Morgan fingerprint density at radius 1 is 1.11 bits per heavy atom. The Morgan fingerprint density at radius 2 is 1.81 bits per heavy atom. The maximum absolute atomic E-state index is 10.1.